The zero-order valence-corrected chi connectivity index (χ0v) is 25.4. The van der Waals surface area contributed by atoms with Gasteiger partial charge in [-0.15, -0.1) is 0 Å². The SMILES string of the molecule is CC[C@H](C)NC(=O)[C@H](CC)N(Cc1ccc(F)cc1)C(=O)CN(c1ccccc1)S(=O)(=O)c1ccc(OC)c(OC)c1. The highest BCUT2D eigenvalue weighted by Crippen LogP contribution is 2.32. The van der Waals surface area contributed by atoms with E-state index in [9.17, 15) is 22.4 Å². The van der Waals surface area contributed by atoms with Crippen LogP contribution in [-0.2, 0) is 26.2 Å². The lowest BCUT2D eigenvalue weighted by atomic mass is 10.1. The first kappa shape index (κ1) is 32.4. The number of sulfonamides is 1. The first-order chi connectivity index (χ1) is 20.0. The van der Waals surface area contributed by atoms with Gasteiger partial charge in [-0.05, 0) is 61.7 Å². The van der Waals surface area contributed by atoms with E-state index in [1.165, 1.54) is 61.6 Å². The number of amides is 2. The lowest BCUT2D eigenvalue weighted by molar-refractivity contribution is -0.140. The van der Waals surface area contributed by atoms with Gasteiger partial charge >= 0.3 is 0 Å². The summed E-state index contributed by atoms with van der Waals surface area (Å²) >= 11 is 0. The molecule has 0 radical (unpaired) electrons. The van der Waals surface area contributed by atoms with Gasteiger partial charge in [0, 0.05) is 18.7 Å². The molecule has 0 aliphatic carbocycles. The second kappa shape index (κ2) is 14.7. The molecular formula is C31H38FN3O6S. The van der Waals surface area contributed by atoms with Crippen molar-refractivity contribution in [1.82, 2.24) is 10.2 Å². The zero-order chi connectivity index (χ0) is 30.9. The number of halogens is 1. The Morgan fingerprint density at radius 3 is 2.12 bits per heavy atom. The average Bonchev–Trinajstić information content (AvgIpc) is 3.00. The van der Waals surface area contributed by atoms with Crippen molar-refractivity contribution in [2.75, 3.05) is 25.1 Å². The van der Waals surface area contributed by atoms with Crippen molar-refractivity contribution in [1.29, 1.82) is 0 Å². The van der Waals surface area contributed by atoms with E-state index in [-0.39, 0.29) is 41.2 Å². The number of ether oxygens (including phenoxy) is 2. The maximum Gasteiger partial charge on any atom is 0.264 e. The number of nitrogens with one attached hydrogen (secondary N) is 1. The van der Waals surface area contributed by atoms with Crippen LogP contribution < -0.4 is 19.1 Å². The fourth-order valence-corrected chi connectivity index (χ4v) is 5.80. The standard InChI is InChI=1S/C31H38FN3O6S/c1-6-22(3)33-31(37)27(7-2)34(20-23-13-15-24(32)16-14-23)30(36)21-35(25-11-9-8-10-12-25)42(38,39)26-17-18-28(40-4)29(19-26)41-5/h8-19,22,27H,6-7,20-21H2,1-5H3,(H,33,37)/t22-,27-/m0/s1. The Kier molecular flexibility index (Phi) is 11.3. The monoisotopic (exact) mass is 599 g/mol. The molecule has 1 N–H and O–H groups in total. The van der Waals surface area contributed by atoms with Gasteiger partial charge in [0.1, 0.15) is 18.4 Å². The molecule has 42 heavy (non-hydrogen) atoms. The van der Waals surface area contributed by atoms with Gasteiger partial charge in [-0.3, -0.25) is 13.9 Å². The van der Waals surface area contributed by atoms with E-state index in [0.29, 0.717) is 17.7 Å². The smallest absolute Gasteiger partial charge is 0.264 e. The minimum absolute atomic E-state index is 0.0232. The Balaban J connectivity index is 2.06. The lowest BCUT2D eigenvalue weighted by Gasteiger charge is -2.33. The van der Waals surface area contributed by atoms with Crippen molar-refractivity contribution >= 4 is 27.5 Å². The molecule has 0 aromatic heterocycles. The van der Waals surface area contributed by atoms with Crippen molar-refractivity contribution in [2.24, 2.45) is 0 Å². The Labute approximate surface area is 247 Å². The fourth-order valence-electron chi connectivity index (χ4n) is 4.37. The highest BCUT2D eigenvalue weighted by Gasteiger charge is 2.34. The minimum atomic E-state index is -4.29. The molecule has 3 rings (SSSR count). The highest BCUT2D eigenvalue weighted by atomic mass is 32.2. The maximum absolute atomic E-state index is 14.1. The van der Waals surface area contributed by atoms with Crippen LogP contribution in [0.15, 0.2) is 77.7 Å². The van der Waals surface area contributed by atoms with Gasteiger partial charge in [-0.1, -0.05) is 44.2 Å². The predicted octanol–water partition coefficient (Wildman–Crippen LogP) is 4.76. The van der Waals surface area contributed by atoms with Crippen molar-refractivity contribution in [3.8, 4) is 11.5 Å². The molecule has 0 fully saturated rings. The number of anilines is 1. The summed E-state index contributed by atoms with van der Waals surface area (Å²) in [5, 5.41) is 2.92. The highest BCUT2D eigenvalue weighted by molar-refractivity contribution is 7.92. The first-order valence-corrected chi connectivity index (χ1v) is 15.1. The number of nitrogens with zero attached hydrogens (tertiary/aromatic N) is 2. The summed E-state index contributed by atoms with van der Waals surface area (Å²) < 4.78 is 53.3. The second-order valence-electron chi connectivity index (χ2n) is 9.75. The summed E-state index contributed by atoms with van der Waals surface area (Å²) in [6.07, 6.45) is 0.975. The van der Waals surface area contributed by atoms with Crippen LogP contribution in [0.4, 0.5) is 10.1 Å². The molecule has 11 heteroatoms. The van der Waals surface area contributed by atoms with Gasteiger partial charge in [-0.25, -0.2) is 12.8 Å². The van der Waals surface area contributed by atoms with Gasteiger partial charge in [-0.2, -0.15) is 0 Å². The quantitative estimate of drug-likeness (QED) is 0.287. The Morgan fingerprint density at radius 1 is 0.905 bits per heavy atom. The normalized spacial score (nSPS) is 12.6. The van der Waals surface area contributed by atoms with Gasteiger partial charge in [0.2, 0.25) is 11.8 Å². The number of hydrogen-bond acceptors (Lipinski definition) is 6. The van der Waals surface area contributed by atoms with Gasteiger partial charge in [0.15, 0.2) is 11.5 Å². The van der Waals surface area contributed by atoms with Crippen LogP contribution in [0.5, 0.6) is 11.5 Å². The largest absolute Gasteiger partial charge is 0.493 e. The molecule has 0 unspecified atom stereocenters. The van der Waals surface area contributed by atoms with Crippen LogP contribution in [0.2, 0.25) is 0 Å². The van der Waals surface area contributed by atoms with Crippen LogP contribution in [0.3, 0.4) is 0 Å². The third-order valence-corrected chi connectivity index (χ3v) is 8.69. The third-order valence-electron chi connectivity index (χ3n) is 6.92. The van der Waals surface area contributed by atoms with Crippen LogP contribution >= 0.6 is 0 Å². The lowest BCUT2D eigenvalue weighted by Crippen LogP contribution is -2.53. The number of carbonyl (C=O) groups is 2. The summed E-state index contributed by atoms with van der Waals surface area (Å²) in [7, 11) is -1.45. The Hall–Kier alpha value is -4.12. The van der Waals surface area contributed by atoms with Gasteiger partial charge in [0.25, 0.3) is 10.0 Å². The van der Waals surface area contributed by atoms with E-state index in [1.54, 1.807) is 37.3 Å². The Bertz CT molecular complexity index is 1450. The number of rotatable bonds is 14. The Morgan fingerprint density at radius 2 is 1.55 bits per heavy atom. The van der Waals surface area contributed by atoms with E-state index < -0.39 is 34.3 Å². The van der Waals surface area contributed by atoms with E-state index in [0.717, 1.165) is 4.31 Å². The molecule has 3 aromatic carbocycles. The molecule has 0 spiro atoms. The van der Waals surface area contributed by atoms with Crippen molar-refractivity contribution in [2.45, 2.75) is 57.1 Å². The molecule has 0 aliphatic heterocycles. The van der Waals surface area contributed by atoms with E-state index in [4.69, 9.17) is 9.47 Å². The first-order valence-electron chi connectivity index (χ1n) is 13.7. The van der Waals surface area contributed by atoms with Crippen LogP contribution in [0.25, 0.3) is 0 Å². The van der Waals surface area contributed by atoms with Crippen LogP contribution in [-0.4, -0.2) is 58.0 Å². The summed E-state index contributed by atoms with van der Waals surface area (Å²) in [5.41, 5.74) is 0.855. The van der Waals surface area contributed by atoms with Gasteiger partial charge < -0.3 is 19.7 Å². The topological polar surface area (TPSA) is 105 Å². The molecule has 0 bridgehead atoms. The molecule has 0 saturated heterocycles. The maximum atomic E-state index is 14.1. The minimum Gasteiger partial charge on any atom is -0.493 e. The predicted molar refractivity (Wildman–Crippen MR) is 159 cm³/mol. The van der Waals surface area contributed by atoms with Crippen molar-refractivity contribution in [3.05, 3.63) is 84.2 Å². The second-order valence-corrected chi connectivity index (χ2v) is 11.6. The van der Waals surface area contributed by atoms with E-state index in [1.807, 2.05) is 13.8 Å². The fraction of sp³-hybridized carbons (Fsp3) is 0.355. The van der Waals surface area contributed by atoms with E-state index in [2.05, 4.69) is 5.32 Å². The summed E-state index contributed by atoms with van der Waals surface area (Å²) in [6, 6.07) is 17.0. The van der Waals surface area contributed by atoms with Crippen LogP contribution in [0, 0.1) is 5.82 Å². The number of hydrogen-bond donors (Lipinski definition) is 1. The molecule has 2 atom stereocenters. The number of carbonyl (C=O) groups excluding carboxylic acids is 2. The molecular weight excluding hydrogens is 561 g/mol. The number of methoxy groups -OCH3 is 2. The van der Waals surface area contributed by atoms with Crippen molar-refractivity contribution < 1.29 is 31.9 Å². The third kappa shape index (κ3) is 7.79. The number of benzene rings is 3. The molecule has 0 heterocycles. The summed E-state index contributed by atoms with van der Waals surface area (Å²) in [6.45, 7) is 4.97. The average molecular weight is 600 g/mol. The molecule has 2 amide bonds. The van der Waals surface area contributed by atoms with E-state index >= 15 is 0 Å². The zero-order valence-electron chi connectivity index (χ0n) is 24.5. The number of para-hydroxylation sites is 1. The van der Waals surface area contributed by atoms with Crippen LogP contribution in [0.1, 0.15) is 39.2 Å². The molecule has 9 nitrogen and oxygen atoms in total. The summed E-state index contributed by atoms with van der Waals surface area (Å²) in [4.78, 5) is 28.6. The molecule has 3 aromatic rings. The van der Waals surface area contributed by atoms with Crippen molar-refractivity contribution in [3.63, 3.8) is 0 Å². The molecule has 226 valence electrons. The molecule has 0 saturated carbocycles. The summed E-state index contributed by atoms with van der Waals surface area (Å²) in [5.74, 6) is -0.824. The molecule has 0 aliphatic rings. The van der Waals surface area contributed by atoms with Gasteiger partial charge in [0.05, 0.1) is 24.8 Å².